The average Bonchev–Trinajstić information content (AvgIpc) is 2.37. The first-order valence-electron chi connectivity index (χ1n) is 6.78. The van der Waals surface area contributed by atoms with Gasteiger partial charge in [0.05, 0.1) is 12.7 Å². The minimum atomic E-state index is -4.66. The molecule has 0 aliphatic carbocycles. The second kappa shape index (κ2) is 7.11. The van der Waals surface area contributed by atoms with Gasteiger partial charge < -0.3 is 19.7 Å². The van der Waals surface area contributed by atoms with Crippen LogP contribution in [0.2, 0.25) is 0 Å². The summed E-state index contributed by atoms with van der Waals surface area (Å²) in [5, 5.41) is 3.19. The van der Waals surface area contributed by atoms with Gasteiger partial charge in [0.15, 0.2) is 0 Å². The monoisotopic (exact) mass is 304 g/mol. The van der Waals surface area contributed by atoms with Gasteiger partial charge in [-0.15, -0.1) is 13.2 Å². The van der Waals surface area contributed by atoms with Crippen LogP contribution in [-0.2, 0) is 11.3 Å². The van der Waals surface area contributed by atoms with Gasteiger partial charge in [-0.05, 0) is 24.7 Å². The summed E-state index contributed by atoms with van der Waals surface area (Å²) in [5.41, 5.74) is 0.737. The summed E-state index contributed by atoms with van der Waals surface area (Å²) in [6, 6.07) is 5.97. The Bertz CT molecular complexity index is 454. The van der Waals surface area contributed by atoms with Crippen molar-refractivity contribution >= 4 is 0 Å². The Balaban J connectivity index is 1.79. The van der Waals surface area contributed by atoms with Crippen LogP contribution in [0.25, 0.3) is 0 Å². The smallest absolute Gasteiger partial charge is 0.406 e. The minimum absolute atomic E-state index is 0.110. The summed E-state index contributed by atoms with van der Waals surface area (Å²) in [6.45, 7) is 3.61. The maximum absolute atomic E-state index is 12.1. The number of alkyl halides is 3. The largest absolute Gasteiger partial charge is 0.573 e. The number of benzene rings is 1. The van der Waals surface area contributed by atoms with E-state index in [4.69, 9.17) is 4.74 Å². The zero-order valence-electron chi connectivity index (χ0n) is 11.8. The quantitative estimate of drug-likeness (QED) is 0.902. The van der Waals surface area contributed by atoms with Gasteiger partial charge in [0.2, 0.25) is 0 Å². The number of hydrogen-bond acceptors (Lipinski definition) is 4. The molecule has 118 valence electrons. The Morgan fingerprint density at radius 3 is 2.95 bits per heavy atom. The molecule has 1 aromatic carbocycles. The molecule has 0 amide bonds. The minimum Gasteiger partial charge on any atom is -0.406 e. The number of halogens is 3. The number of ether oxygens (including phenoxy) is 2. The first-order chi connectivity index (χ1) is 9.92. The molecule has 1 atom stereocenters. The Kier molecular flexibility index (Phi) is 5.44. The molecule has 0 spiro atoms. The second-order valence-corrected chi connectivity index (χ2v) is 5.08. The molecular formula is C14H19F3N2O2. The molecule has 1 aromatic rings. The maximum Gasteiger partial charge on any atom is 0.573 e. The summed E-state index contributed by atoms with van der Waals surface area (Å²) in [4.78, 5) is 2.19. The van der Waals surface area contributed by atoms with Gasteiger partial charge in [-0.25, -0.2) is 0 Å². The molecule has 0 aromatic heterocycles. The Hall–Kier alpha value is -1.31. The van der Waals surface area contributed by atoms with Crippen molar-refractivity contribution in [2.45, 2.75) is 19.0 Å². The van der Waals surface area contributed by atoms with Crippen LogP contribution >= 0.6 is 0 Å². The fourth-order valence-electron chi connectivity index (χ4n) is 2.22. The predicted octanol–water partition coefficient (Wildman–Crippen LogP) is 2.01. The van der Waals surface area contributed by atoms with Crippen LogP contribution < -0.4 is 10.1 Å². The topological polar surface area (TPSA) is 33.7 Å². The molecule has 7 heteroatoms. The Morgan fingerprint density at radius 2 is 2.24 bits per heavy atom. The molecule has 0 unspecified atom stereocenters. The zero-order valence-corrected chi connectivity index (χ0v) is 11.8. The summed E-state index contributed by atoms with van der Waals surface area (Å²) in [6.07, 6.45) is -4.55. The third-order valence-electron chi connectivity index (χ3n) is 3.18. The van der Waals surface area contributed by atoms with Crippen molar-refractivity contribution in [3.8, 4) is 5.75 Å². The van der Waals surface area contributed by atoms with E-state index in [0.29, 0.717) is 19.7 Å². The van der Waals surface area contributed by atoms with Crippen LogP contribution in [0.3, 0.4) is 0 Å². The zero-order chi connectivity index (χ0) is 15.3. The lowest BCUT2D eigenvalue weighted by Gasteiger charge is -2.30. The van der Waals surface area contributed by atoms with Crippen LogP contribution in [0.4, 0.5) is 13.2 Å². The van der Waals surface area contributed by atoms with Gasteiger partial charge in [0.1, 0.15) is 5.75 Å². The molecule has 1 heterocycles. The first kappa shape index (κ1) is 16.1. The van der Waals surface area contributed by atoms with Gasteiger partial charge >= 0.3 is 6.36 Å². The average molecular weight is 304 g/mol. The lowest BCUT2D eigenvalue weighted by Crippen LogP contribution is -2.44. The van der Waals surface area contributed by atoms with E-state index in [1.807, 2.05) is 7.05 Å². The van der Waals surface area contributed by atoms with Crippen LogP contribution in [0.1, 0.15) is 5.56 Å². The third-order valence-corrected chi connectivity index (χ3v) is 3.18. The summed E-state index contributed by atoms with van der Waals surface area (Å²) in [7, 11) is 2.04. The maximum atomic E-state index is 12.1. The molecular weight excluding hydrogens is 285 g/mol. The normalized spacial score (nSPS) is 20.5. The van der Waals surface area contributed by atoms with Gasteiger partial charge in [-0.1, -0.05) is 12.1 Å². The van der Waals surface area contributed by atoms with Crippen molar-refractivity contribution in [1.82, 2.24) is 10.2 Å². The summed E-state index contributed by atoms with van der Waals surface area (Å²) in [5.74, 6) is -0.199. The van der Waals surface area contributed by atoms with Gasteiger partial charge in [0, 0.05) is 26.2 Å². The van der Waals surface area contributed by atoms with Crippen molar-refractivity contribution in [2.24, 2.45) is 0 Å². The molecule has 0 radical (unpaired) electrons. The molecule has 2 rings (SSSR count). The van der Waals surface area contributed by atoms with E-state index in [2.05, 4.69) is 15.0 Å². The van der Waals surface area contributed by atoms with Gasteiger partial charge in [0.25, 0.3) is 0 Å². The highest BCUT2D eigenvalue weighted by Crippen LogP contribution is 2.23. The van der Waals surface area contributed by atoms with E-state index < -0.39 is 6.36 Å². The summed E-state index contributed by atoms with van der Waals surface area (Å²) < 4.78 is 45.9. The fraction of sp³-hybridized carbons (Fsp3) is 0.571. The third kappa shape index (κ3) is 5.91. The van der Waals surface area contributed by atoms with Gasteiger partial charge in [-0.3, -0.25) is 0 Å². The lowest BCUT2D eigenvalue weighted by molar-refractivity contribution is -0.274. The van der Waals surface area contributed by atoms with Crippen LogP contribution in [0.15, 0.2) is 24.3 Å². The highest BCUT2D eigenvalue weighted by atomic mass is 19.4. The summed E-state index contributed by atoms with van der Waals surface area (Å²) >= 11 is 0. The number of hydrogen-bond donors (Lipinski definition) is 1. The standard InChI is InChI=1S/C14H19F3N2O2/c1-19-5-6-20-13(10-19)9-18-8-11-3-2-4-12(7-11)21-14(15,16)17/h2-4,7,13,18H,5-6,8-10H2,1H3/t13-/m0/s1. The van der Waals surface area contributed by atoms with E-state index >= 15 is 0 Å². The van der Waals surface area contributed by atoms with Crippen LogP contribution in [0.5, 0.6) is 5.75 Å². The van der Waals surface area contributed by atoms with E-state index in [0.717, 1.165) is 18.7 Å². The fourth-order valence-corrected chi connectivity index (χ4v) is 2.22. The van der Waals surface area contributed by atoms with Gasteiger partial charge in [-0.2, -0.15) is 0 Å². The van der Waals surface area contributed by atoms with Crippen molar-refractivity contribution in [1.29, 1.82) is 0 Å². The number of nitrogens with one attached hydrogen (secondary N) is 1. The van der Waals surface area contributed by atoms with Crippen LogP contribution in [0, 0.1) is 0 Å². The van der Waals surface area contributed by atoms with E-state index in [9.17, 15) is 13.2 Å². The van der Waals surface area contributed by atoms with Crippen molar-refractivity contribution in [2.75, 3.05) is 33.3 Å². The predicted molar refractivity (Wildman–Crippen MR) is 72.1 cm³/mol. The number of rotatable bonds is 5. The van der Waals surface area contributed by atoms with E-state index in [1.165, 1.54) is 12.1 Å². The molecule has 0 bridgehead atoms. The SMILES string of the molecule is CN1CCO[C@@H](CNCc2cccc(OC(F)(F)F)c2)C1. The molecule has 1 aliphatic rings. The number of likely N-dealkylation sites (N-methyl/N-ethyl adjacent to an activating group) is 1. The highest BCUT2D eigenvalue weighted by molar-refractivity contribution is 5.28. The molecule has 1 aliphatic heterocycles. The molecule has 0 saturated carbocycles. The van der Waals surface area contributed by atoms with Crippen molar-refractivity contribution < 1.29 is 22.6 Å². The molecule has 4 nitrogen and oxygen atoms in total. The van der Waals surface area contributed by atoms with Crippen molar-refractivity contribution in [3.05, 3.63) is 29.8 Å². The second-order valence-electron chi connectivity index (χ2n) is 5.08. The number of morpholine rings is 1. The van der Waals surface area contributed by atoms with Crippen molar-refractivity contribution in [3.63, 3.8) is 0 Å². The number of nitrogens with zero attached hydrogens (tertiary/aromatic N) is 1. The molecule has 1 saturated heterocycles. The lowest BCUT2D eigenvalue weighted by atomic mass is 10.2. The highest BCUT2D eigenvalue weighted by Gasteiger charge is 2.31. The Morgan fingerprint density at radius 1 is 1.43 bits per heavy atom. The van der Waals surface area contributed by atoms with E-state index in [-0.39, 0.29) is 11.9 Å². The molecule has 1 N–H and O–H groups in total. The Labute approximate surface area is 121 Å². The van der Waals surface area contributed by atoms with E-state index in [1.54, 1.807) is 12.1 Å². The molecule has 21 heavy (non-hydrogen) atoms. The molecule has 1 fully saturated rings. The first-order valence-corrected chi connectivity index (χ1v) is 6.78. The van der Waals surface area contributed by atoms with Crippen LogP contribution in [-0.4, -0.2) is 50.7 Å².